The predicted molar refractivity (Wildman–Crippen MR) is 167 cm³/mol. The Balaban J connectivity index is -0.000000363. The first-order valence-corrected chi connectivity index (χ1v) is 11.1. The number of aliphatic hydroxyl groups is 1. The van der Waals surface area contributed by atoms with E-state index in [2.05, 4.69) is 16.0 Å². The summed E-state index contributed by atoms with van der Waals surface area (Å²) in [5.74, 6) is -2.12. The number of Topliss-reactive ketones (excluding diaryl/α,β-unsaturated/α-hetero) is 2. The highest BCUT2D eigenvalue weighted by molar-refractivity contribution is 6.20. The van der Waals surface area contributed by atoms with Crippen LogP contribution >= 0.6 is 0 Å². The van der Waals surface area contributed by atoms with Gasteiger partial charge in [0.15, 0.2) is 0 Å². The summed E-state index contributed by atoms with van der Waals surface area (Å²) in [6, 6.07) is 0. The molecule has 39 heavy (non-hydrogen) atoms. The average molecular weight is 563 g/mol. The average Bonchev–Trinajstić information content (AvgIpc) is 2.77. The van der Waals surface area contributed by atoms with Gasteiger partial charge in [-0.1, -0.05) is 79.2 Å². The molecule has 3 atom stereocenters. The quantitative estimate of drug-likeness (QED) is 0.217. The summed E-state index contributed by atoms with van der Waals surface area (Å²) in [4.78, 5) is 62.2. The molecule has 0 spiro atoms. The van der Waals surface area contributed by atoms with Gasteiger partial charge in [0, 0.05) is 24.2 Å². The maximum Gasteiger partial charge on any atom is 0.226 e. The second-order valence-corrected chi connectivity index (χ2v) is 9.92. The van der Waals surface area contributed by atoms with Gasteiger partial charge in [-0.05, 0) is 39.4 Å². The van der Waals surface area contributed by atoms with Gasteiger partial charge in [-0.2, -0.15) is 0 Å². The van der Waals surface area contributed by atoms with Crippen molar-refractivity contribution in [3.05, 3.63) is 0 Å². The summed E-state index contributed by atoms with van der Waals surface area (Å²) in [6.45, 7) is 8.97. The molecule has 0 aliphatic carbocycles. The van der Waals surface area contributed by atoms with Crippen molar-refractivity contribution in [2.75, 3.05) is 19.6 Å². The molecule has 0 fully saturated rings. The zero-order valence-corrected chi connectivity index (χ0v) is 20.8. The summed E-state index contributed by atoms with van der Waals surface area (Å²) in [5.41, 5.74) is -3.37. The third-order valence-corrected chi connectivity index (χ3v) is 5.78. The lowest BCUT2D eigenvalue weighted by Crippen LogP contribution is -2.51. The number of carbonyl (C=O) groups is 5. The molecule has 10 heteroatoms. The second-order valence-electron chi connectivity index (χ2n) is 9.92. The number of carbonyl (C=O) groups excluding carboxylic acids is 5. The molecule has 0 heterocycles. The van der Waals surface area contributed by atoms with Crippen LogP contribution in [0.4, 0.5) is 0 Å². The fraction of sp³-hybridized carbons (Fsp3) is 0.828. The Hall–Kier alpha value is -2.23. The Kier molecular flexibility index (Phi) is 28.8. The van der Waals surface area contributed by atoms with Gasteiger partial charge in [0.1, 0.15) is 11.6 Å². The van der Waals surface area contributed by atoms with Crippen molar-refractivity contribution in [3.63, 3.8) is 0 Å². The van der Waals surface area contributed by atoms with Crippen LogP contribution in [0, 0.1) is 16.2 Å². The lowest BCUT2D eigenvalue weighted by Gasteiger charge is -2.41. The third-order valence-electron chi connectivity index (χ3n) is 5.78. The Labute approximate surface area is 244 Å². The zero-order chi connectivity index (χ0) is 26.7. The standard InChI is InChI=1S/C23H40BN3O6.6CH4/c1-8-22(6,19(32)27-12-17(30)9-24)14-23(7,20(33)26-11-16(3)29)13-21(4,5)18(31)25-10-15(2)28;;;;;;/h15,28H,8-14H2,1-7H3,(H,25,31)(H,26,33)(H,27,32);6*1H4/i3D;;;;;;. The maximum absolute atomic E-state index is 13.3. The molecule has 0 aliphatic rings. The molecule has 2 radical (unpaired) electrons. The predicted octanol–water partition coefficient (Wildman–Crippen LogP) is 4.51. The molecular weight excluding hydrogens is 497 g/mol. The third kappa shape index (κ3) is 17.9. The van der Waals surface area contributed by atoms with E-state index in [1.807, 2.05) is 0 Å². The fourth-order valence-corrected chi connectivity index (χ4v) is 3.84. The van der Waals surface area contributed by atoms with Crippen LogP contribution in [0.2, 0.25) is 6.32 Å². The van der Waals surface area contributed by atoms with Crippen molar-refractivity contribution in [2.45, 2.75) is 125 Å². The first-order chi connectivity index (χ1) is 15.6. The smallest absolute Gasteiger partial charge is 0.226 e. The van der Waals surface area contributed by atoms with Gasteiger partial charge in [-0.25, -0.2) is 0 Å². The molecule has 234 valence electrons. The van der Waals surface area contributed by atoms with Crippen molar-refractivity contribution in [3.8, 4) is 0 Å². The summed E-state index contributed by atoms with van der Waals surface area (Å²) in [7, 11) is 5.30. The number of ketones is 2. The molecule has 0 aromatic carbocycles. The molecule has 9 nitrogen and oxygen atoms in total. The van der Waals surface area contributed by atoms with Gasteiger partial charge in [0.25, 0.3) is 0 Å². The Bertz CT molecular complexity index is 764. The molecule has 0 rings (SSSR count). The van der Waals surface area contributed by atoms with Crippen molar-refractivity contribution >= 4 is 37.1 Å². The van der Waals surface area contributed by atoms with E-state index in [0.717, 1.165) is 0 Å². The van der Waals surface area contributed by atoms with E-state index < -0.39 is 46.8 Å². The van der Waals surface area contributed by atoms with Crippen LogP contribution in [0.15, 0.2) is 0 Å². The number of rotatable bonds is 15. The molecule has 3 amide bonds. The molecule has 4 N–H and O–H groups in total. The van der Waals surface area contributed by atoms with E-state index in [0.29, 0.717) is 6.42 Å². The van der Waals surface area contributed by atoms with Crippen molar-refractivity contribution in [2.24, 2.45) is 16.2 Å². The first kappa shape index (κ1) is 49.7. The minimum absolute atomic E-state index is 0. The molecular formula is C29H64BN3O6. The summed E-state index contributed by atoms with van der Waals surface area (Å²) >= 11 is 0. The normalized spacial score (nSPS) is 13.9. The Morgan fingerprint density at radius 2 is 1.26 bits per heavy atom. The largest absolute Gasteiger partial charge is 0.392 e. The zero-order valence-electron chi connectivity index (χ0n) is 21.8. The second kappa shape index (κ2) is 22.6. The highest BCUT2D eigenvalue weighted by Crippen LogP contribution is 2.44. The van der Waals surface area contributed by atoms with E-state index in [1.165, 1.54) is 6.92 Å². The molecule has 0 bridgehead atoms. The number of hydrogen-bond donors (Lipinski definition) is 4. The minimum atomic E-state index is -1.26. The Morgan fingerprint density at radius 3 is 1.67 bits per heavy atom. The van der Waals surface area contributed by atoms with Crippen LogP contribution < -0.4 is 16.0 Å². The van der Waals surface area contributed by atoms with E-state index in [1.54, 1.807) is 34.6 Å². The highest BCUT2D eigenvalue weighted by Gasteiger charge is 2.47. The summed E-state index contributed by atoms with van der Waals surface area (Å²) < 4.78 is 7.15. The van der Waals surface area contributed by atoms with Crippen LogP contribution in [0.25, 0.3) is 0 Å². The van der Waals surface area contributed by atoms with Crippen LogP contribution in [-0.2, 0) is 24.0 Å². The van der Waals surface area contributed by atoms with Crippen LogP contribution in [0.3, 0.4) is 0 Å². The monoisotopic (exact) mass is 562 g/mol. The SMILES string of the molecule is C.C.C.C.C.C.[2H]CC(=O)CNC(=O)C(C)(CC(C)(C)C(=O)NCC(C)O)CC(C)(CC)C(=O)NCC(=O)C[B]. The highest BCUT2D eigenvalue weighted by atomic mass is 16.3. The molecule has 0 saturated carbocycles. The number of nitrogens with one attached hydrogen (secondary N) is 3. The lowest BCUT2D eigenvalue weighted by molar-refractivity contribution is -0.143. The van der Waals surface area contributed by atoms with Gasteiger partial charge in [0.05, 0.1) is 27.0 Å². The first-order valence-electron chi connectivity index (χ1n) is 11.8. The lowest BCUT2D eigenvalue weighted by atomic mass is 9.64. The van der Waals surface area contributed by atoms with Gasteiger partial charge in [-0.15, -0.1) is 0 Å². The summed E-state index contributed by atoms with van der Waals surface area (Å²) in [5, 5.41) is 17.3. The maximum atomic E-state index is 13.3. The van der Waals surface area contributed by atoms with Crippen LogP contribution in [0.5, 0.6) is 0 Å². The Morgan fingerprint density at radius 1 is 0.795 bits per heavy atom. The fourth-order valence-electron chi connectivity index (χ4n) is 3.84. The van der Waals surface area contributed by atoms with E-state index in [-0.39, 0.29) is 95.0 Å². The number of amides is 3. The van der Waals surface area contributed by atoms with Crippen molar-refractivity contribution in [1.29, 1.82) is 0 Å². The van der Waals surface area contributed by atoms with E-state index in [4.69, 9.17) is 9.22 Å². The topological polar surface area (TPSA) is 142 Å². The molecule has 0 saturated heterocycles. The van der Waals surface area contributed by atoms with Gasteiger partial charge >= 0.3 is 0 Å². The molecule has 0 aromatic rings. The van der Waals surface area contributed by atoms with Gasteiger partial charge < -0.3 is 21.1 Å². The van der Waals surface area contributed by atoms with Crippen LogP contribution in [0.1, 0.15) is 114 Å². The minimum Gasteiger partial charge on any atom is -0.392 e. The number of aliphatic hydroxyl groups excluding tert-OH is 1. The molecule has 0 aromatic heterocycles. The van der Waals surface area contributed by atoms with Crippen molar-refractivity contribution < 1.29 is 30.4 Å². The van der Waals surface area contributed by atoms with Crippen LogP contribution in [-0.4, -0.2) is 68.0 Å². The van der Waals surface area contributed by atoms with E-state index in [9.17, 15) is 29.1 Å². The van der Waals surface area contributed by atoms with Gasteiger partial charge in [0.2, 0.25) is 17.7 Å². The number of hydrogen-bond acceptors (Lipinski definition) is 6. The van der Waals surface area contributed by atoms with E-state index >= 15 is 0 Å². The molecule has 3 unspecified atom stereocenters. The summed E-state index contributed by atoms with van der Waals surface area (Å²) in [6.07, 6.45) is -0.528. The van der Waals surface area contributed by atoms with Gasteiger partial charge in [-0.3, -0.25) is 24.0 Å². The molecule has 0 aliphatic heterocycles. The van der Waals surface area contributed by atoms with Crippen molar-refractivity contribution in [1.82, 2.24) is 16.0 Å².